The molecule has 0 radical (unpaired) electrons. The van der Waals surface area contributed by atoms with Gasteiger partial charge in [0.1, 0.15) is 11.4 Å². The first-order valence-electron chi connectivity index (χ1n) is 6.64. The number of aromatic nitrogens is 1. The molecule has 21 heavy (non-hydrogen) atoms. The first-order chi connectivity index (χ1) is 9.81. The maximum Gasteiger partial charge on any atom is 0.310 e. The average molecular weight is 352 g/mol. The second-order valence-corrected chi connectivity index (χ2v) is 6.57. The van der Waals surface area contributed by atoms with Gasteiger partial charge in [-0.15, -0.1) is 0 Å². The maximum absolute atomic E-state index is 12.0. The van der Waals surface area contributed by atoms with Crippen molar-refractivity contribution in [2.45, 2.75) is 32.8 Å². The lowest BCUT2D eigenvalue weighted by molar-refractivity contribution is -0.153. The van der Waals surface area contributed by atoms with E-state index in [4.69, 9.17) is 9.47 Å². The molecule has 0 unspecified atom stereocenters. The van der Waals surface area contributed by atoms with Crippen LogP contribution in [0.3, 0.4) is 0 Å². The van der Waals surface area contributed by atoms with E-state index in [0.29, 0.717) is 5.75 Å². The number of carbonyl (C=O) groups excluding carboxylic acids is 1. The van der Waals surface area contributed by atoms with E-state index in [1.54, 1.807) is 13.3 Å². The van der Waals surface area contributed by atoms with Gasteiger partial charge in [0.25, 0.3) is 0 Å². The SMILES string of the molecule is COc1c(CC(=O)OC(C)(C)C)cnc2c(Br)cccc12. The first-order valence-corrected chi connectivity index (χ1v) is 7.43. The fraction of sp³-hybridized carbons (Fsp3) is 0.375. The number of carbonyl (C=O) groups is 1. The van der Waals surface area contributed by atoms with E-state index in [1.165, 1.54) is 0 Å². The van der Waals surface area contributed by atoms with Gasteiger partial charge in [-0.2, -0.15) is 0 Å². The highest BCUT2D eigenvalue weighted by atomic mass is 79.9. The Labute approximate surface area is 132 Å². The summed E-state index contributed by atoms with van der Waals surface area (Å²) < 4.78 is 11.7. The van der Waals surface area contributed by atoms with Crippen LogP contribution in [0.15, 0.2) is 28.9 Å². The molecule has 1 aromatic carbocycles. The topological polar surface area (TPSA) is 48.4 Å². The van der Waals surface area contributed by atoms with Crippen molar-refractivity contribution in [3.05, 3.63) is 34.4 Å². The molecule has 0 N–H and O–H groups in total. The third-order valence-corrected chi connectivity index (χ3v) is 3.47. The third-order valence-electron chi connectivity index (χ3n) is 2.83. The lowest BCUT2D eigenvalue weighted by atomic mass is 10.1. The van der Waals surface area contributed by atoms with E-state index >= 15 is 0 Å². The quantitative estimate of drug-likeness (QED) is 0.787. The number of para-hydroxylation sites is 1. The number of benzene rings is 1. The molecule has 112 valence electrons. The zero-order chi connectivity index (χ0) is 15.6. The molecule has 0 saturated heterocycles. The van der Waals surface area contributed by atoms with E-state index in [-0.39, 0.29) is 12.4 Å². The molecule has 2 rings (SSSR count). The van der Waals surface area contributed by atoms with E-state index in [0.717, 1.165) is 20.9 Å². The van der Waals surface area contributed by atoms with Crippen LogP contribution in [0, 0.1) is 0 Å². The monoisotopic (exact) mass is 351 g/mol. The highest BCUT2D eigenvalue weighted by Crippen LogP contribution is 2.32. The summed E-state index contributed by atoms with van der Waals surface area (Å²) >= 11 is 3.47. The van der Waals surface area contributed by atoms with Gasteiger partial charge in [-0.25, -0.2) is 0 Å². The highest BCUT2D eigenvalue weighted by molar-refractivity contribution is 9.10. The largest absolute Gasteiger partial charge is 0.496 e. The minimum Gasteiger partial charge on any atom is -0.496 e. The molecule has 0 saturated carbocycles. The number of halogens is 1. The van der Waals surface area contributed by atoms with Crippen molar-refractivity contribution in [2.24, 2.45) is 0 Å². The lowest BCUT2D eigenvalue weighted by Gasteiger charge is -2.20. The molecular weight excluding hydrogens is 334 g/mol. The molecule has 0 bridgehead atoms. The molecule has 1 aromatic heterocycles. The van der Waals surface area contributed by atoms with Crippen molar-refractivity contribution in [3.63, 3.8) is 0 Å². The van der Waals surface area contributed by atoms with E-state index in [1.807, 2.05) is 39.0 Å². The zero-order valence-electron chi connectivity index (χ0n) is 12.6. The van der Waals surface area contributed by atoms with Crippen LogP contribution < -0.4 is 4.74 Å². The Hall–Kier alpha value is -1.62. The second-order valence-electron chi connectivity index (χ2n) is 5.72. The molecular formula is C16H18BrNO3. The number of fused-ring (bicyclic) bond motifs is 1. The first kappa shape index (κ1) is 15.8. The van der Waals surface area contributed by atoms with Crippen LogP contribution in [0.2, 0.25) is 0 Å². The summed E-state index contributed by atoms with van der Waals surface area (Å²) in [7, 11) is 1.59. The molecule has 1 heterocycles. The minimum atomic E-state index is -0.502. The van der Waals surface area contributed by atoms with Crippen LogP contribution in [0.1, 0.15) is 26.3 Å². The van der Waals surface area contributed by atoms with Crippen molar-refractivity contribution < 1.29 is 14.3 Å². The summed E-state index contributed by atoms with van der Waals surface area (Å²) in [5.74, 6) is 0.365. The van der Waals surface area contributed by atoms with Crippen LogP contribution in [0.25, 0.3) is 10.9 Å². The maximum atomic E-state index is 12.0. The molecule has 0 spiro atoms. The Morgan fingerprint density at radius 1 is 1.33 bits per heavy atom. The number of pyridine rings is 1. The molecule has 0 amide bonds. The third kappa shape index (κ3) is 3.73. The molecule has 0 fully saturated rings. The Kier molecular flexibility index (Phi) is 4.52. The molecule has 2 aromatic rings. The average Bonchev–Trinajstić information content (AvgIpc) is 2.36. The minimum absolute atomic E-state index is 0.135. The summed E-state index contributed by atoms with van der Waals surface area (Å²) in [6.07, 6.45) is 1.80. The van der Waals surface area contributed by atoms with Crippen LogP contribution in [0.4, 0.5) is 0 Å². The highest BCUT2D eigenvalue weighted by Gasteiger charge is 2.19. The molecule has 0 aliphatic heterocycles. The van der Waals surface area contributed by atoms with E-state index < -0.39 is 5.60 Å². The fourth-order valence-corrected chi connectivity index (χ4v) is 2.57. The Bertz CT molecular complexity index is 677. The number of rotatable bonds is 3. The smallest absolute Gasteiger partial charge is 0.310 e. The standard InChI is InChI=1S/C16H18BrNO3/c1-16(2,3)21-13(19)8-10-9-18-14-11(15(10)20-4)6-5-7-12(14)17/h5-7,9H,8H2,1-4H3. The summed E-state index contributed by atoms with van der Waals surface area (Å²) in [6, 6.07) is 5.75. The van der Waals surface area contributed by atoms with Gasteiger partial charge in [0.05, 0.1) is 19.0 Å². The number of nitrogens with zero attached hydrogens (tertiary/aromatic N) is 1. The van der Waals surface area contributed by atoms with Crippen LogP contribution in [-0.4, -0.2) is 23.7 Å². The van der Waals surface area contributed by atoms with Crippen LogP contribution in [0.5, 0.6) is 5.75 Å². The van der Waals surface area contributed by atoms with Crippen molar-refractivity contribution >= 4 is 32.8 Å². The normalized spacial score (nSPS) is 11.5. The summed E-state index contributed by atoms with van der Waals surface area (Å²) in [4.78, 5) is 16.4. The number of hydrogen-bond acceptors (Lipinski definition) is 4. The van der Waals surface area contributed by atoms with Crippen molar-refractivity contribution in [2.75, 3.05) is 7.11 Å². The van der Waals surface area contributed by atoms with Crippen molar-refractivity contribution in [3.8, 4) is 5.75 Å². The van der Waals surface area contributed by atoms with Gasteiger partial charge >= 0.3 is 5.97 Å². The zero-order valence-corrected chi connectivity index (χ0v) is 14.2. The number of esters is 1. The number of methoxy groups -OCH3 is 1. The second kappa shape index (κ2) is 6.02. The van der Waals surface area contributed by atoms with Gasteiger partial charge in [-0.1, -0.05) is 6.07 Å². The van der Waals surface area contributed by atoms with Gasteiger partial charge in [-0.3, -0.25) is 9.78 Å². The van der Waals surface area contributed by atoms with Crippen molar-refractivity contribution in [1.82, 2.24) is 4.98 Å². The Morgan fingerprint density at radius 3 is 2.67 bits per heavy atom. The van der Waals surface area contributed by atoms with E-state index in [9.17, 15) is 4.79 Å². The van der Waals surface area contributed by atoms with E-state index in [2.05, 4.69) is 20.9 Å². The molecule has 0 atom stereocenters. The van der Waals surface area contributed by atoms with Gasteiger partial charge in [0, 0.05) is 21.6 Å². The predicted octanol–water partition coefficient (Wildman–Crippen LogP) is 3.89. The fourth-order valence-electron chi connectivity index (χ4n) is 2.10. The molecule has 4 nitrogen and oxygen atoms in total. The molecule has 0 aliphatic carbocycles. The molecule has 0 aliphatic rings. The predicted molar refractivity (Wildman–Crippen MR) is 85.5 cm³/mol. The molecule has 5 heteroatoms. The Balaban J connectivity index is 2.39. The van der Waals surface area contributed by atoms with Gasteiger partial charge in [0.15, 0.2) is 0 Å². The van der Waals surface area contributed by atoms with Gasteiger partial charge in [-0.05, 0) is 48.8 Å². The number of hydrogen-bond donors (Lipinski definition) is 0. The van der Waals surface area contributed by atoms with Crippen LogP contribution >= 0.6 is 15.9 Å². The van der Waals surface area contributed by atoms with Crippen LogP contribution in [-0.2, 0) is 16.0 Å². The van der Waals surface area contributed by atoms with Crippen molar-refractivity contribution in [1.29, 1.82) is 0 Å². The Morgan fingerprint density at radius 2 is 2.05 bits per heavy atom. The lowest BCUT2D eigenvalue weighted by Crippen LogP contribution is -2.25. The number of ether oxygens (including phenoxy) is 2. The van der Waals surface area contributed by atoms with Gasteiger partial charge in [0.2, 0.25) is 0 Å². The summed E-state index contributed by atoms with van der Waals surface area (Å²) in [5, 5.41) is 0.868. The summed E-state index contributed by atoms with van der Waals surface area (Å²) in [5.41, 5.74) is 1.03. The van der Waals surface area contributed by atoms with Gasteiger partial charge < -0.3 is 9.47 Å². The summed E-state index contributed by atoms with van der Waals surface area (Å²) in [6.45, 7) is 5.54.